The zero-order valence-corrected chi connectivity index (χ0v) is 11.5. The van der Waals surface area contributed by atoms with Crippen LogP contribution in [-0.2, 0) is 11.3 Å². The quantitative estimate of drug-likeness (QED) is 0.899. The minimum absolute atomic E-state index is 0.114. The fourth-order valence-corrected chi connectivity index (χ4v) is 3.29. The number of hydrogen-bond acceptors (Lipinski definition) is 4. The van der Waals surface area contributed by atoms with E-state index in [-0.39, 0.29) is 11.8 Å². The lowest BCUT2D eigenvalue weighted by molar-refractivity contribution is -0.125. The van der Waals surface area contributed by atoms with E-state index < -0.39 is 0 Å². The molecule has 100 valence electrons. The second-order valence-corrected chi connectivity index (χ2v) is 5.95. The highest BCUT2D eigenvalue weighted by atomic mass is 32.1. The van der Waals surface area contributed by atoms with E-state index in [1.807, 2.05) is 18.2 Å². The van der Waals surface area contributed by atoms with Crippen molar-refractivity contribution in [3.05, 3.63) is 29.3 Å². The maximum absolute atomic E-state index is 12.0. The summed E-state index contributed by atoms with van der Waals surface area (Å²) in [6.07, 6.45) is 2.07. The molecule has 3 rings (SSSR count). The van der Waals surface area contributed by atoms with Crippen LogP contribution in [0.25, 0.3) is 10.2 Å². The number of carbonyl (C=O) groups excluding carboxylic acids is 1. The molecule has 0 spiro atoms. The number of rotatable bonds is 3. The van der Waals surface area contributed by atoms with Gasteiger partial charge < -0.3 is 10.6 Å². The third kappa shape index (κ3) is 2.93. The Balaban J connectivity index is 1.60. The lowest BCUT2D eigenvalue weighted by atomic mass is 9.99. The average Bonchev–Trinajstić information content (AvgIpc) is 2.88. The van der Waals surface area contributed by atoms with Crippen LogP contribution in [0.15, 0.2) is 24.3 Å². The minimum Gasteiger partial charge on any atom is -0.349 e. The van der Waals surface area contributed by atoms with Crippen LogP contribution in [0.1, 0.15) is 17.8 Å². The van der Waals surface area contributed by atoms with Gasteiger partial charge in [0.2, 0.25) is 5.91 Å². The zero-order valence-electron chi connectivity index (χ0n) is 10.7. The van der Waals surface area contributed by atoms with Gasteiger partial charge in [-0.1, -0.05) is 12.1 Å². The number of piperidine rings is 1. The molecular weight excluding hydrogens is 258 g/mol. The van der Waals surface area contributed by atoms with E-state index in [4.69, 9.17) is 0 Å². The molecule has 0 aliphatic carbocycles. The molecule has 4 nitrogen and oxygen atoms in total. The fourth-order valence-electron chi connectivity index (χ4n) is 2.38. The van der Waals surface area contributed by atoms with Crippen molar-refractivity contribution < 1.29 is 4.79 Å². The highest BCUT2D eigenvalue weighted by molar-refractivity contribution is 7.18. The van der Waals surface area contributed by atoms with Gasteiger partial charge in [-0.25, -0.2) is 4.98 Å². The number of benzene rings is 1. The Kier molecular flexibility index (Phi) is 3.75. The van der Waals surface area contributed by atoms with Gasteiger partial charge in [0.25, 0.3) is 0 Å². The summed E-state index contributed by atoms with van der Waals surface area (Å²) in [6, 6.07) is 8.06. The molecule has 5 heteroatoms. The van der Waals surface area contributed by atoms with E-state index in [0.29, 0.717) is 6.54 Å². The van der Waals surface area contributed by atoms with Gasteiger partial charge in [-0.05, 0) is 31.5 Å². The van der Waals surface area contributed by atoms with Gasteiger partial charge in [0, 0.05) is 6.54 Å². The number of thiazole rings is 1. The van der Waals surface area contributed by atoms with Crippen LogP contribution in [0.2, 0.25) is 0 Å². The number of hydrogen-bond donors (Lipinski definition) is 2. The maximum Gasteiger partial charge on any atom is 0.224 e. The van der Waals surface area contributed by atoms with E-state index >= 15 is 0 Å². The van der Waals surface area contributed by atoms with E-state index in [0.717, 1.165) is 36.5 Å². The van der Waals surface area contributed by atoms with Crippen molar-refractivity contribution in [1.82, 2.24) is 15.6 Å². The Hall–Kier alpha value is -1.46. The molecule has 2 aromatic rings. The van der Waals surface area contributed by atoms with Gasteiger partial charge in [-0.15, -0.1) is 11.3 Å². The highest BCUT2D eigenvalue weighted by Crippen LogP contribution is 2.21. The van der Waals surface area contributed by atoms with Gasteiger partial charge in [0.1, 0.15) is 5.01 Å². The van der Waals surface area contributed by atoms with E-state index in [1.165, 1.54) is 4.70 Å². The topological polar surface area (TPSA) is 54.0 Å². The van der Waals surface area contributed by atoms with Crippen LogP contribution >= 0.6 is 11.3 Å². The zero-order chi connectivity index (χ0) is 13.1. The van der Waals surface area contributed by atoms with Gasteiger partial charge in [-0.2, -0.15) is 0 Å². The molecular formula is C14H17N3OS. The van der Waals surface area contributed by atoms with Crippen molar-refractivity contribution in [3.63, 3.8) is 0 Å². The Morgan fingerprint density at radius 2 is 2.37 bits per heavy atom. The number of nitrogens with zero attached hydrogens (tertiary/aromatic N) is 1. The van der Waals surface area contributed by atoms with Gasteiger partial charge >= 0.3 is 0 Å². The Bertz CT molecular complexity index is 542. The summed E-state index contributed by atoms with van der Waals surface area (Å²) in [5.41, 5.74) is 1.01. The summed E-state index contributed by atoms with van der Waals surface area (Å²) in [7, 11) is 0. The maximum atomic E-state index is 12.0. The van der Waals surface area contributed by atoms with Crippen molar-refractivity contribution in [2.24, 2.45) is 5.92 Å². The lowest BCUT2D eigenvalue weighted by Crippen LogP contribution is -2.40. The van der Waals surface area contributed by atoms with Gasteiger partial charge in [0.05, 0.1) is 22.7 Å². The SMILES string of the molecule is O=C(NCc1nc2ccccc2s1)[C@H]1CCCNC1. The summed E-state index contributed by atoms with van der Waals surface area (Å²) < 4.78 is 1.17. The van der Waals surface area contributed by atoms with Gasteiger partial charge in [-0.3, -0.25) is 4.79 Å². The monoisotopic (exact) mass is 275 g/mol. The molecule has 0 saturated carbocycles. The summed E-state index contributed by atoms with van der Waals surface area (Å²) >= 11 is 1.64. The number of aromatic nitrogens is 1. The van der Waals surface area contributed by atoms with Crippen molar-refractivity contribution in [2.75, 3.05) is 13.1 Å². The van der Waals surface area contributed by atoms with Crippen molar-refractivity contribution in [3.8, 4) is 0 Å². The molecule has 1 amide bonds. The third-order valence-corrected chi connectivity index (χ3v) is 4.46. The summed E-state index contributed by atoms with van der Waals surface area (Å²) in [4.78, 5) is 16.5. The van der Waals surface area contributed by atoms with Crippen molar-refractivity contribution in [2.45, 2.75) is 19.4 Å². The van der Waals surface area contributed by atoms with Crippen LogP contribution in [0.3, 0.4) is 0 Å². The van der Waals surface area contributed by atoms with Gasteiger partial charge in [0.15, 0.2) is 0 Å². The van der Waals surface area contributed by atoms with E-state index in [9.17, 15) is 4.79 Å². The Morgan fingerprint density at radius 3 is 3.16 bits per heavy atom. The largest absolute Gasteiger partial charge is 0.349 e. The van der Waals surface area contributed by atoms with Crippen LogP contribution in [0.4, 0.5) is 0 Å². The summed E-state index contributed by atoms with van der Waals surface area (Å²) in [5, 5.41) is 7.23. The van der Waals surface area contributed by atoms with E-state index in [2.05, 4.69) is 21.7 Å². The lowest BCUT2D eigenvalue weighted by Gasteiger charge is -2.21. The predicted molar refractivity (Wildman–Crippen MR) is 77.1 cm³/mol. The van der Waals surface area contributed by atoms with Crippen molar-refractivity contribution in [1.29, 1.82) is 0 Å². The summed E-state index contributed by atoms with van der Waals surface area (Å²) in [6.45, 7) is 2.36. The molecule has 1 fully saturated rings. The molecule has 1 aromatic heterocycles. The van der Waals surface area contributed by atoms with Crippen molar-refractivity contribution >= 4 is 27.5 Å². The number of nitrogens with one attached hydrogen (secondary N) is 2. The molecule has 2 heterocycles. The Morgan fingerprint density at radius 1 is 1.47 bits per heavy atom. The molecule has 2 N–H and O–H groups in total. The van der Waals surface area contributed by atoms with Crippen LogP contribution < -0.4 is 10.6 Å². The third-order valence-electron chi connectivity index (χ3n) is 3.42. The number of amides is 1. The fraction of sp³-hybridized carbons (Fsp3) is 0.429. The number of fused-ring (bicyclic) bond motifs is 1. The normalized spacial score (nSPS) is 19.5. The first-order valence-electron chi connectivity index (χ1n) is 6.66. The first kappa shape index (κ1) is 12.6. The second kappa shape index (κ2) is 5.67. The van der Waals surface area contributed by atoms with Crippen LogP contribution in [-0.4, -0.2) is 24.0 Å². The number of para-hydroxylation sites is 1. The average molecular weight is 275 g/mol. The Labute approximate surface area is 116 Å². The minimum atomic E-state index is 0.114. The smallest absolute Gasteiger partial charge is 0.224 e. The predicted octanol–water partition coefficient (Wildman–Crippen LogP) is 1.91. The standard InChI is InChI=1S/C14H17N3OS/c18-14(10-4-3-7-15-8-10)16-9-13-17-11-5-1-2-6-12(11)19-13/h1-2,5-6,10,15H,3-4,7-9H2,(H,16,18)/t10-/m0/s1. The summed E-state index contributed by atoms with van der Waals surface area (Å²) in [5.74, 6) is 0.259. The molecule has 0 unspecified atom stereocenters. The number of carbonyl (C=O) groups is 1. The second-order valence-electron chi connectivity index (χ2n) is 4.84. The molecule has 0 bridgehead atoms. The first-order chi connectivity index (χ1) is 9.33. The molecule has 1 saturated heterocycles. The highest BCUT2D eigenvalue weighted by Gasteiger charge is 2.20. The van der Waals surface area contributed by atoms with E-state index in [1.54, 1.807) is 11.3 Å². The molecule has 1 aromatic carbocycles. The van der Waals surface area contributed by atoms with Crippen LogP contribution in [0, 0.1) is 5.92 Å². The molecule has 1 atom stereocenters. The first-order valence-corrected chi connectivity index (χ1v) is 7.47. The molecule has 1 aliphatic rings. The molecule has 1 aliphatic heterocycles. The molecule has 19 heavy (non-hydrogen) atoms. The molecule has 0 radical (unpaired) electrons. The van der Waals surface area contributed by atoms with Crippen LogP contribution in [0.5, 0.6) is 0 Å².